The minimum Gasteiger partial charge on any atom is -0.313 e. The summed E-state index contributed by atoms with van der Waals surface area (Å²) >= 11 is 5.20. The minimum absolute atomic E-state index is 0.0436. The fraction of sp³-hybridized carbons (Fsp3) is 0.571. The van der Waals surface area contributed by atoms with Gasteiger partial charge in [-0.25, -0.2) is 13.1 Å². The van der Waals surface area contributed by atoms with Crippen molar-refractivity contribution in [1.82, 2.24) is 10.0 Å². The Morgan fingerprint density at radius 1 is 1.43 bits per heavy atom. The molecule has 2 rings (SSSR count). The normalized spacial score (nSPS) is 19.6. The molecule has 0 radical (unpaired) electrons. The molecule has 1 fully saturated rings. The van der Waals surface area contributed by atoms with Crippen LogP contribution in [0, 0.1) is 0 Å². The predicted molar refractivity (Wildman–Crippen MR) is 92.2 cm³/mol. The molecule has 0 spiro atoms. The second-order valence-electron chi connectivity index (χ2n) is 5.08. The Kier molecular flexibility index (Phi) is 6.55. The van der Waals surface area contributed by atoms with E-state index >= 15 is 0 Å². The van der Waals surface area contributed by atoms with Gasteiger partial charge < -0.3 is 5.32 Å². The number of halogens is 1. The number of sulfonamides is 1. The molecule has 118 valence electrons. The molecule has 0 bridgehead atoms. The van der Waals surface area contributed by atoms with Crippen LogP contribution in [0.3, 0.4) is 0 Å². The molecule has 0 amide bonds. The standard InChI is InChI=1S/C14H21BrN2O2S2/c1-2-16-9-11-5-6-14(13(15)8-11)21(18,19)17-12-4-3-7-20-10-12/h5-6,8,12,16-17H,2-4,7,9-10H2,1H3. The van der Waals surface area contributed by atoms with E-state index in [1.165, 1.54) is 0 Å². The Balaban J connectivity index is 2.11. The lowest BCUT2D eigenvalue weighted by Gasteiger charge is -2.22. The van der Waals surface area contributed by atoms with E-state index in [4.69, 9.17) is 0 Å². The molecular formula is C14H21BrN2O2S2. The lowest BCUT2D eigenvalue weighted by atomic mass is 10.2. The summed E-state index contributed by atoms with van der Waals surface area (Å²) in [5.41, 5.74) is 1.07. The molecule has 0 aromatic heterocycles. The smallest absolute Gasteiger partial charge is 0.241 e. The molecule has 1 saturated heterocycles. The first kappa shape index (κ1) is 17.3. The lowest BCUT2D eigenvalue weighted by Crippen LogP contribution is -2.38. The van der Waals surface area contributed by atoms with E-state index in [1.54, 1.807) is 6.07 Å². The zero-order valence-corrected chi connectivity index (χ0v) is 15.3. The Hall–Kier alpha value is -0.0800. The van der Waals surface area contributed by atoms with Crippen LogP contribution in [0.25, 0.3) is 0 Å². The average molecular weight is 393 g/mol. The first-order valence-corrected chi connectivity index (χ1v) is 10.5. The Bertz CT molecular complexity index is 572. The van der Waals surface area contributed by atoms with Crippen LogP contribution < -0.4 is 10.0 Å². The molecule has 1 atom stereocenters. The largest absolute Gasteiger partial charge is 0.313 e. The van der Waals surface area contributed by atoms with Gasteiger partial charge in [0.15, 0.2) is 0 Å². The van der Waals surface area contributed by atoms with Crippen LogP contribution in [0.1, 0.15) is 25.3 Å². The highest BCUT2D eigenvalue weighted by Gasteiger charge is 2.23. The molecule has 0 aliphatic carbocycles. The van der Waals surface area contributed by atoms with Crippen LogP contribution >= 0.6 is 27.7 Å². The summed E-state index contributed by atoms with van der Waals surface area (Å²) in [5, 5.41) is 3.23. The number of nitrogens with one attached hydrogen (secondary N) is 2. The monoisotopic (exact) mass is 392 g/mol. The maximum absolute atomic E-state index is 12.5. The maximum Gasteiger partial charge on any atom is 0.241 e. The molecule has 2 N–H and O–H groups in total. The quantitative estimate of drug-likeness (QED) is 0.781. The van der Waals surface area contributed by atoms with Crippen LogP contribution in [0.15, 0.2) is 27.6 Å². The van der Waals surface area contributed by atoms with Crippen molar-refractivity contribution in [2.45, 2.75) is 37.2 Å². The molecule has 1 aromatic carbocycles. The summed E-state index contributed by atoms with van der Waals surface area (Å²) in [6, 6.07) is 5.45. The summed E-state index contributed by atoms with van der Waals surface area (Å²) in [6.45, 7) is 3.67. The van der Waals surface area contributed by atoms with Crippen molar-refractivity contribution >= 4 is 37.7 Å². The van der Waals surface area contributed by atoms with Crippen LogP contribution in [0.2, 0.25) is 0 Å². The van der Waals surface area contributed by atoms with Gasteiger partial charge in [0.05, 0.1) is 4.90 Å². The van der Waals surface area contributed by atoms with E-state index in [0.29, 0.717) is 9.37 Å². The van der Waals surface area contributed by atoms with Crippen molar-refractivity contribution in [3.8, 4) is 0 Å². The third kappa shape index (κ3) is 4.96. The van der Waals surface area contributed by atoms with Gasteiger partial charge in [-0.2, -0.15) is 11.8 Å². The van der Waals surface area contributed by atoms with Gasteiger partial charge in [0.1, 0.15) is 0 Å². The number of rotatable bonds is 6. The van der Waals surface area contributed by atoms with Crippen LogP contribution in [0.4, 0.5) is 0 Å². The molecule has 21 heavy (non-hydrogen) atoms. The third-order valence-corrected chi connectivity index (χ3v) is 7.06. The molecule has 1 unspecified atom stereocenters. The highest BCUT2D eigenvalue weighted by Crippen LogP contribution is 2.25. The van der Waals surface area contributed by atoms with E-state index in [9.17, 15) is 8.42 Å². The molecule has 0 saturated carbocycles. The first-order valence-electron chi connectivity index (χ1n) is 7.12. The lowest BCUT2D eigenvalue weighted by molar-refractivity contribution is 0.542. The van der Waals surface area contributed by atoms with Gasteiger partial charge >= 0.3 is 0 Å². The van der Waals surface area contributed by atoms with Crippen molar-refractivity contribution in [2.24, 2.45) is 0 Å². The Morgan fingerprint density at radius 2 is 2.24 bits per heavy atom. The topological polar surface area (TPSA) is 58.2 Å². The fourth-order valence-electron chi connectivity index (χ4n) is 2.26. The van der Waals surface area contributed by atoms with Crippen LogP contribution in [0.5, 0.6) is 0 Å². The summed E-state index contributed by atoms with van der Waals surface area (Å²) in [5.74, 6) is 1.98. The molecular weight excluding hydrogens is 372 g/mol. The van der Waals surface area contributed by atoms with E-state index in [2.05, 4.69) is 26.0 Å². The molecule has 4 nitrogen and oxygen atoms in total. The van der Waals surface area contributed by atoms with Crippen molar-refractivity contribution in [3.05, 3.63) is 28.2 Å². The van der Waals surface area contributed by atoms with E-state index in [-0.39, 0.29) is 6.04 Å². The average Bonchev–Trinajstić information content (AvgIpc) is 2.45. The highest BCUT2D eigenvalue weighted by molar-refractivity contribution is 9.10. The zero-order valence-electron chi connectivity index (χ0n) is 12.1. The summed E-state index contributed by atoms with van der Waals surface area (Å²) in [7, 11) is -3.46. The molecule has 1 aliphatic heterocycles. The van der Waals surface area contributed by atoms with Crippen molar-refractivity contribution in [1.29, 1.82) is 0 Å². The second kappa shape index (κ2) is 7.97. The third-order valence-electron chi connectivity index (χ3n) is 3.35. The van der Waals surface area contributed by atoms with E-state index in [0.717, 1.165) is 43.0 Å². The SMILES string of the molecule is CCNCc1ccc(S(=O)(=O)NC2CCCSC2)c(Br)c1. The van der Waals surface area contributed by atoms with Crippen LogP contribution in [-0.2, 0) is 16.6 Å². The van der Waals surface area contributed by atoms with E-state index < -0.39 is 10.0 Å². The minimum atomic E-state index is -3.46. The summed E-state index contributed by atoms with van der Waals surface area (Å²) in [6.07, 6.45) is 1.99. The van der Waals surface area contributed by atoms with Gasteiger partial charge in [0, 0.05) is 22.8 Å². The van der Waals surface area contributed by atoms with Crippen molar-refractivity contribution in [3.63, 3.8) is 0 Å². The van der Waals surface area contributed by atoms with Gasteiger partial charge in [0.25, 0.3) is 0 Å². The molecule has 1 heterocycles. The van der Waals surface area contributed by atoms with Gasteiger partial charge in [-0.3, -0.25) is 0 Å². The van der Waals surface area contributed by atoms with Crippen LogP contribution in [-0.4, -0.2) is 32.5 Å². The fourth-order valence-corrected chi connectivity index (χ4v) is 5.83. The van der Waals surface area contributed by atoms with Gasteiger partial charge in [-0.05, 0) is 58.8 Å². The molecule has 7 heteroatoms. The van der Waals surface area contributed by atoms with Crippen molar-refractivity contribution in [2.75, 3.05) is 18.1 Å². The zero-order chi connectivity index (χ0) is 15.3. The van der Waals surface area contributed by atoms with Gasteiger partial charge in [-0.15, -0.1) is 0 Å². The Labute approximate surface area is 139 Å². The van der Waals surface area contributed by atoms with Crippen molar-refractivity contribution < 1.29 is 8.42 Å². The maximum atomic E-state index is 12.5. The number of benzene rings is 1. The summed E-state index contributed by atoms with van der Waals surface area (Å²) < 4.78 is 28.4. The van der Waals surface area contributed by atoms with Gasteiger partial charge in [-0.1, -0.05) is 13.0 Å². The number of thioether (sulfide) groups is 1. The number of hydrogen-bond donors (Lipinski definition) is 2. The van der Waals surface area contributed by atoms with E-state index in [1.807, 2.05) is 30.8 Å². The first-order chi connectivity index (χ1) is 10.0. The second-order valence-corrected chi connectivity index (χ2v) is 8.77. The predicted octanol–water partition coefficient (Wildman–Crippen LogP) is 2.73. The summed E-state index contributed by atoms with van der Waals surface area (Å²) in [4.78, 5) is 0.318. The molecule has 1 aromatic rings. The number of hydrogen-bond acceptors (Lipinski definition) is 4. The highest BCUT2D eigenvalue weighted by atomic mass is 79.9. The molecule has 1 aliphatic rings. The Morgan fingerprint density at radius 3 is 2.86 bits per heavy atom. The van der Waals surface area contributed by atoms with Gasteiger partial charge in [0.2, 0.25) is 10.0 Å².